The van der Waals surface area contributed by atoms with E-state index in [1.165, 1.54) is 38.5 Å². The standard InChI is InChI=1S/C15H24FN/c16-15(10-13-8-9-14(11-15)17-13)12-6-4-2-1-3-5-7-12/h6,13-14,17H,1-5,7-11H2. The normalized spacial score (nSPS) is 42.8. The van der Waals surface area contributed by atoms with Gasteiger partial charge in [0.1, 0.15) is 5.67 Å². The number of fused-ring (bicyclic) bond motifs is 2. The van der Waals surface area contributed by atoms with Gasteiger partial charge in [-0.05, 0) is 44.1 Å². The second-order valence-electron chi connectivity index (χ2n) is 6.19. The molecule has 2 bridgehead atoms. The molecular weight excluding hydrogens is 213 g/mol. The Morgan fingerprint density at radius 1 is 1.06 bits per heavy atom. The van der Waals surface area contributed by atoms with Crippen LogP contribution in [-0.4, -0.2) is 17.8 Å². The molecule has 96 valence electrons. The molecule has 2 heterocycles. The van der Waals surface area contributed by atoms with E-state index in [0.29, 0.717) is 12.1 Å². The van der Waals surface area contributed by atoms with Gasteiger partial charge in [-0.15, -0.1) is 0 Å². The van der Waals surface area contributed by atoms with Gasteiger partial charge < -0.3 is 5.32 Å². The second-order valence-corrected chi connectivity index (χ2v) is 6.19. The maximum atomic E-state index is 15.2. The lowest BCUT2D eigenvalue weighted by molar-refractivity contribution is 0.122. The van der Waals surface area contributed by atoms with Gasteiger partial charge in [-0.1, -0.05) is 18.9 Å². The highest BCUT2D eigenvalue weighted by Gasteiger charge is 2.45. The second kappa shape index (κ2) is 4.72. The monoisotopic (exact) mass is 237 g/mol. The minimum Gasteiger partial charge on any atom is -0.311 e. The van der Waals surface area contributed by atoms with Crippen LogP contribution in [0.1, 0.15) is 64.2 Å². The van der Waals surface area contributed by atoms with Crippen molar-refractivity contribution in [2.24, 2.45) is 0 Å². The lowest BCUT2D eigenvalue weighted by Crippen LogP contribution is -2.47. The van der Waals surface area contributed by atoms with Crippen molar-refractivity contribution < 1.29 is 4.39 Å². The van der Waals surface area contributed by atoms with Crippen LogP contribution in [0.15, 0.2) is 11.6 Å². The summed E-state index contributed by atoms with van der Waals surface area (Å²) in [6.07, 6.45) is 13.3. The van der Waals surface area contributed by atoms with E-state index in [1.807, 2.05) is 0 Å². The van der Waals surface area contributed by atoms with E-state index in [1.54, 1.807) is 0 Å². The van der Waals surface area contributed by atoms with E-state index >= 15 is 4.39 Å². The fourth-order valence-corrected chi connectivity index (χ4v) is 3.95. The number of hydrogen-bond acceptors (Lipinski definition) is 1. The number of piperidine rings is 1. The Balaban J connectivity index is 1.76. The summed E-state index contributed by atoms with van der Waals surface area (Å²) in [4.78, 5) is 0. The first-order valence-electron chi connectivity index (χ1n) is 7.41. The quantitative estimate of drug-likeness (QED) is 0.682. The Bertz CT molecular complexity index is 298. The maximum absolute atomic E-state index is 15.2. The third kappa shape index (κ3) is 2.42. The highest BCUT2D eigenvalue weighted by atomic mass is 19.1. The van der Waals surface area contributed by atoms with E-state index in [9.17, 15) is 0 Å². The predicted molar refractivity (Wildman–Crippen MR) is 68.8 cm³/mol. The predicted octanol–water partition coefficient (Wildman–Crippen LogP) is 3.89. The Morgan fingerprint density at radius 3 is 2.53 bits per heavy atom. The summed E-state index contributed by atoms with van der Waals surface area (Å²) in [6, 6.07) is 0.898. The molecule has 2 aliphatic heterocycles. The van der Waals surface area contributed by atoms with Gasteiger partial charge in [-0.2, -0.15) is 0 Å². The summed E-state index contributed by atoms with van der Waals surface area (Å²) < 4.78 is 15.2. The zero-order valence-electron chi connectivity index (χ0n) is 10.7. The molecule has 0 aromatic rings. The third-order valence-corrected chi connectivity index (χ3v) is 4.84. The Labute approximate surface area is 104 Å². The van der Waals surface area contributed by atoms with Crippen LogP contribution in [0.3, 0.4) is 0 Å². The van der Waals surface area contributed by atoms with Gasteiger partial charge in [0.25, 0.3) is 0 Å². The number of hydrogen-bond donors (Lipinski definition) is 1. The molecule has 17 heavy (non-hydrogen) atoms. The summed E-state index contributed by atoms with van der Waals surface area (Å²) in [7, 11) is 0. The summed E-state index contributed by atoms with van der Waals surface area (Å²) in [5, 5.41) is 3.55. The van der Waals surface area contributed by atoms with Crippen LogP contribution in [-0.2, 0) is 0 Å². The molecule has 2 heteroatoms. The molecule has 0 amide bonds. The molecular formula is C15H24FN. The summed E-state index contributed by atoms with van der Waals surface area (Å²) in [6.45, 7) is 0. The molecule has 0 saturated carbocycles. The van der Waals surface area contributed by atoms with Gasteiger partial charge in [0.15, 0.2) is 0 Å². The zero-order valence-corrected chi connectivity index (χ0v) is 10.7. The number of allylic oxidation sites excluding steroid dienone is 2. The van der Waals surface area contributed by atoms with Crippen molar-refractivity contribution in [1.82, 2.24) is 5.32 Å². The minimum absolute atomic E-state index is 0.449. The van der Waals surface area contributed by atoms with Crippen LogP contribution in [0, 0.1) is 0 Å². The molecule has 0 aromatic carbocycles. The maximum Gasteiger partial charge on any atom is 0.135 e. The molecule has 0 radical (unpaired) electrons. The number of alkyl halides is 1. The van der Waals surface area contributed by atoms with E-state index < -0.39 is 5.67 Å². The van der Waals surface area contributed by atoms with Crippen LogP contribution in [0.5, 0.6) is 0 Å². The van der Waals surface area contributed by atoms with Gasteiger partial charge in [-0.25, -0.2) is 4.39 Å². The van der Waals surface area contributed by atoms with Crippen LogP contribution >= 0.6 is 0 Å². The van der Waals surface area contributed by atoms with Gasteiger partial charge in [0.2, 0.25) is 0 Å². The molecule has 1 nitrogen and oxygen atoms in total. The fraction of sp³-hybridized carbons (Fsp3) is 0.867. The Morgan fingerprint density at radius 2 is 1.76 bits per heavy atom. The molecule has 3 rings (SSSR count). The molecule has 2 unspecified atom stereocenters. The van der Waals surface area contributed by atoms with E-state index in [0.717, 1.165) is 31.3 Å². The third-order valence-electron chi connectivity index (χ3n) is 4.84. The van der Waals surface area contributed by atoms with Crippen LogP contribution in [0.25, 0.3) is 0 Å². The van der Waals surface area contributed by atoms with E-state index in [-0.39, 0.29) is 0 Å². The van der Waals surface area contributed by atoms with Gasteiger partial charge in [0.05, 0.1) is 0 Å². The van der Waals surface area contributed by atoms with E-state index in [2.05, 4.69) is 11.4 Å². The van der Waals surface area contributed by atoms with Crippen LogP contribution in [0.4, 0.5) is 4.39 Å². The molecule has 2 atom stereocenters. The molecule has 2 saturated heterocycles. The average Bonchev–Trinajstić information content (AvgIpc) is 2.57. The first-order valence-corrected chi connectivity index (χ1v) is 7.41. The van der Waals surface area contributed by atoms with Crippen molar-refractivity contribution in [2.45, 2.75) is 82.0 Å². The van der Waals surface area contributed by atoms with Crippen LogP contribution in [0.2, 0.25) is 0 Å². The molecule has 0 spiro atoms. The highest BCUT2D eigenvalue weighted by molar-refractivity contribution is 5.22. The number of nitrogens with one attached hydrogen (secondary N) is 1. The van der Waals surface area contributed by atoms with Crippen molar-refractivity contribution in [3.8, 4) is 0 Å². The number of rotatable bonds is 1. The van der Waals surface area contributed by atoms with Gasteiger partial charge in [-0.3, -0.25) is 0 Å². The summed E-state index contributed by atoms with van der Waals surface area (Å²) in [5.41, 5.74) is 0.185. The lowest BCUT2D eigenvalue weighted by Gasteiger charge is -2.37. The average molecular weight is 237 g/mol. The first kappa shape index (κ1) is 11.7. The van der Waals surface area contributed by atoms with Crippen molar-refractivity contribution in [1.29, 1.82) is 0 Å². The largest absolute Gasteiger partial charge is 0.311 e. The topological polar surface area (TPSA) is 12.0 Å². The summed E-state index contributed by atoms with van der Waals surface area (Å²) >= 11 is 0. The molecule has 2 fully saturated rings. The highest BCUT2D eigenvalue weighted by Crippen LogP contribution is 2.43. The van der Waals surface area contributed by atoms with Crippen molar-refractivity contribution in [2.75, 3.05) is 0 Å². The summed E-state index contributed by atoms with van der Waals surface area (Å²) in [5.74, 6) is 0. The minimum atomic E-state index is -0.964. The Hall–Kier alpha value is -0.370. The fourth-order valence-electron chi connectivity index (χ4n) is 3.95. The van der Waals surface area contributed by atoms with Gasteiger partial charge in [0, 0.05) is 24.9 Å². The van der Waals surface area contributed by atoms with Crippen molar-refractivity contribution in [3.05, 3.63) is 11.6 Å². The lowest BCUT2D eigenvalue weighted by atomic mass is 9.79. The number of halogens is 1. The van der Waals surface area contributed by atoms with Crippen LogP contribution < -0.4 is 5.32 Å². The molecule has 0 aromatic heterocycles. The molecule has 1 N–H and O–H groups in total. The Kier molecular flexibility index (Phi) is 3.25. The molecule has 3 aliphatic rings. The van der Waals surface area contributed by atoms with E-state index in [4.69, 9.17) is 0 Å². The van der Waals surface area contributed by atoms with Crippen molar-refractivity contribution >= 4 is 0 Å². The first-order chi connectivity index (χ1) is 8.26. The SMILES string of the molecule is FC1(C2=CCCCCCC2)CC2CCC(C1)N2. The molecule has 1 aliphatic carbocycles. The zero-order chi connectivity index (χ0) is 11.7. The van der Waals surface area contributed by atoms with Crippen molar-refractivity contribution in [3.63, 3.8) is 0 Å². The van der Waals surface area contributed by atoms with Gasteiger partial charge >= 0.3 is 0 Å². The smallest absolute Gasteiger partial charge is 0.135 e.